The molecule has 0 aromatic heterocycles. The van der Waals surface area contributed by atoms with Crippen LogP contribution in [0.4, 0.5) is 0 Å². The third-order valence-corrected chi connectivity index (χ3v) is 2.48. The number of hydrogen-bond acceptors (Lipinski definition) is 1. The highest BCUT2D eigenvalue weighted by Crippen LogP contribution is 2.25. The zero-order chi connectivity index (χ0) is 8.55. The summed E-state index contributed by atoms with van der Waals surface area (Å²) in [6.07, 6.45) is 4.34. The van der Waals surface area contributed by atoms with Crippen molar-refractivity contribution < 1.29 is 0 Å². The topological polar surface area (TPSA) is 26.0 Å². The maximum Gasteiger partial charge on any atom is 0.0350 e. The highest BCUT2D eigenvalue weighted by atomic mass is 14.6. The molecule has 0 heterocycles. The zero-order valence-corrected chi connectivity index (χ0v) is 7.30. The van der Waals surface area contributed by atoms with E-state index in [1.807, 2.05) is 0 Å². The third-order valence-electron chi connectivity index (χ3n) is 2.48. The lowest BCUT2D eigenvalue weighted by molar-refractivity contribution is 0.958. The molecule has 2 rings (SSSR count). The molecule has 0 amide bonds. The first-order valence-electron chi connectivity index (χ1n) is 4.33. The molecule has 0 saturated heterocycles. The van der Waals surface area contributed by atoms with Gasteiger partial charge < -0.3 is 5.73 Å². The molecule has 0 bridgehead atoms. The molecule has 0 atom stereocenters. The molecular formula is C11H13N. The number of hydrogen-bond donors (Lipinski definition) is 1. The van der Waals surface area contributed by atoms with Crippen LogP contribution in [0, 0.1) is 6.92 Å². The summed E-state index contributed by atoms with van der Waals surface area (Å²) in [5.74, 6) is 0. The predicted molar refractivity (Wildman–Crippen MR) is 51.7 cm³/mol. The second-order valence-electron chi connectivity index (χ2n) is 3.30. The molecule has 12 heavy (non-hydrogen) atoms. The van der Waals surface area contributed by atoms with E-state index in [0.717, 1.165) is 18.5 Å². The molecule has 0 fully saturated rings. The van der Waals surface area contributed by atoms with E-state index in [1.54, 1.807) is 0 Å². The van der Waals surface area contributed by atoms with E-state index in [1.165, 1.54) is 16.7 Å². The van der Waals surface area contributed by atoms with Gasteiger partial charge in [-0.2, -0.15) is 0 Å². The molecule has 1 aliphatic carbocycles. The van der Waals surface area contributed by atoms with E-state index in [-0.39, 0.29) is 0 Å². The predicted octanol–water partition coefficient (Wildman–Crippen LogP) is 2.24. The van der Waals surface area contributed by atoms with Gasteiger partial charge in [-0.25, -0.2) is 0 Å². The van der Waals surface area contributed by atoms with Crippen molar-refractivity contribution in [2.75, 3.05) is 0 Å². The van der Waals surface area contributed by atoms with Crippen LogP contribution in [0.25, 0.3) is 5.70 Å². The van der Waals surface area contributed by atoms with Crippen molar-refractivity contribution in [1.82, 2.24) is 0 Å². The van der Waals surface area contributed by atoms with Crippen LogP contribution >= 0.6 is 0 Å². The number of fused-ring (bicyclic) bond motifs is 1. The van der Waals surface area contributed by atoms with E-state index < -0.39 is 0 Å². The molecule has 0 saturated carbocycles. The van der Waals surface area contributed by atoms with Crippen molar-refractivity contribution in [3.05, 3.63) is 41.0 Å². The molecule has 1 aromatic carbocycles. The minimum Gasteiger partial charge on any atom is -0.398 e. The van der Waals surface area contributed by atoms with Crippen LogP contribution < -0.4 is 5.73 Å². The van der Waals surface area contributed by atoms with Crippen LogP contribution in [0.5, 0.6) is 0 Å². The average Bonchev–Trinajstić information content (AvgIpc) is 2.07. The fraction of sp³-hybridized carbons (Fsp3) is 0.273. The second kappa shape index (κ2) is 2.67. The van der Waals surface area contributed by atoms with Gasteiger partial charge in [0.1, 0.15) is 0 Å². The number of allylic oxidation sites excluding steroid dienone is 1. The lowest BCUT2D eigenvalue weighted by Crippen LogP contribution is -2.07. The van der Waals surface area contributed by atoms with Gasteiger partial charge in [0.15, 0.2) is 0 Å². The first-order valence-corrected chi connectivity index (χ1v) is 4.33. The van der Waals surface area contributed by atoms with Crippen LogP contribution in [0.3, 0.4) is 0 Å². The number of nitrogens with two attached hydrogens (primary N) is 1. The Bertz CT molecular complexity index is 337. The van der Waals surface area contributed by atoms with Gasteiger partial charge in [0.2, 0.25) is 0 Å². The van der Waals surface area contributed by atoms with Crippen molar-refractivity contribution >= 4 is 5.70 Å². The summed E-state index contributed by atoms with van der Waals surface area (Å²) in [5, 5.41) is 0. The van der Waals surface area contributed by atoms with Crippen molar-refractivity contribution in [2.45, 2.75) is 19.8 Å². The molecule has 1 aliphatic rings. The Morgan fingerprint density at radius 1 is 1.33 bits per heavy atom. The highest BCUT2D eigenvalue weighted by molar-refractivity contribution is 5.68. The van der Waals surface area contributed by atoms with Gasteiger partial charge in [-0.05, 0) is 30.9 Å². The molecule has 1 aromatic rings. The lowest BCUT2D eigenvalue weighted by atomic mass is 9.91. The average molecular weight is 159 g/mol. The van der Waals surface area contributed by atoms with Crippen molar-refractivity contribution in [2.24, 2.45) is 5.73 Å². The maximum atomic E-state index is 5.88. The Morgan fingerprint density at radius 3 is 2.92 bits per heavy atom. The summed E-state index contributed by atoms with van der Waals surface area (Å²) < 4.78 is 0. The van der Waals surface area contributed by atoms with Crippen LogP contribution in [0.1, 0.15) is 23.1 Å². The first kappa shape index (κ1) is 7.41. The summed E-state index contributed by atoms with van der Waals surface area (Å²) in [6.45, 7) is 2.15. The van der Waals surface area contributed by atoms with Gasteiger partial charge in [-0.1, -0.05) is 24.3 Å². The SMILES string of the molecule is Cc1cccc2c1CCC=C2N. The summed E-state index contributed by atoms with van der Waals surface area (Å²) in [4.78, 5) is 0. The summed E-state index contributed by atoms with van der Waals surface area (Å²) in [6, 6.07) is 6.32. The summed E-state index contributed by atoms with van der Waals surface area (Å²) in [5.41, 5.74) is 10.9. The molecule has 2 N–H and O–H groups in total. The molecule has 0 spiro atoms. The molecule has 0 unspecified atom stereocenters. The molecule has 62 valence electrons. The van der Waals surface area contributed by atoms with E-state index in [2.05, 4.69) is 31.2 Å². The molecule has 1 nitrogen and oxygen atoms in total. The standard InChI is InChI=1S/C11H13N/c1-8-4-2-6-10-9(8)5-3-7-11(10)12/h2,4,6-7H,3,5,12H2,1H3. The third kappa shape index (κ3) is 1.02. The van der Waals surface area contributed by atoms with E-state index in [4.69, 9.17) is 5.73 Å². The first-order chi connectivity index (χ1) is 5.79. The fourth-order valence-electron chi connectivity index (χ4n) is 1.79. The highest BCUT2D eigenvalue weighted by Gasteiger charge is 2.10. The van der Waals surface area contributed by atoms with Crippen molar-refractivity contribution in [3.8, 4) is 0 Å². The van der Waals surface area contributed by atoms with Gasteiger partial charge in [0, 0.05) is 11.3 Å². The largest absolute Gasteiger partial charge is 0.398 e. The number of benzene rings is 1. The van der Waals surface area contributed by atoms with E-state index in [0.29, 0.717) is 0 Å². The number of rotatable bonds is 0. The van der Waals surface area contributed by atoms with Crippen LogP contribution in [0.2, 0.25) is 0 Å². The van der Waals surface area contributed by atoms with Gasteiger partial charge >= 0.3 is 0 Å². The normalized spacial score (nSPS) is 15.2. The Labute approximate surface area is 72.9 Å². The van der Waals surface area contributed by atoms with Gasteiger partial charge in [-0.15, -0.1) is 0 Å². The monoisotopic (exact) mass is 159 g/mol. The zero-order valence-electron chi connectivity index (χ0n) is 7.30. The molecular weight excluding hydrogens is 146 g/mol. The van der Waals surface area contributed by atoms with E-state index >= 15 is 0 Å². The smallest absolute Gasteiger partial charge is 0.0350 e. The quantitative estimate of drug-likeness (QED) is 0.617. The summed E-state index contributed by atoms with van der Waals surface area (Å²) >= 11 is 0. The fourth-order valence-corrected chi connectivity index (χ4v) is 1.79. The Balaban J connectivity index is 2.62. The minimum absolute atomic E-state index is 0.944. The van der Waals surface area contributed by atoms with Crippen LogP contribution in [-0.4, -0.2) is 0 Å². The Kier molecular flexibility index (Phi) is 1.65. The lowest BCUT2D eigenvalue weighted by Gasteiger charge is -2.16. The Hall–Kier alpha value is -1.24. The minimum atomic E-state index is 0.944. The van der Waals surface area contributed by atoms with Gasteiger partial charge in [0.05, 0.1) is 0 Å². The van der Waals surface area contributed by atoms with Crippen molar-refractivity contribution in [1.29, 1.82) is 0 Å². The van der Waals surface area contributed by atoms with Crippen LogP contribution in [0.15, 0.2) is 24.3 Å². The molecule has 1 heteroatoms. The number of aryl methyl sites for hydroxylation is 1. The maximum absolute atomic E-state index is 5.88. The Morgan fingerprint density at radius 2 is 2.17 bits per heavy atom. The summed E-state index contributed by atoms with van der Waals surface area (Å²) in [7, 11) is 0. The molecule has 0 aliphatic heterocycles. The van der Waals surface area contributed by atoms with Crippen LogP contribution in [-0.2, 0) is 6.42 Å². The second-order valence-corrected chi connectivity index (χ2v) is 3.30. The van der Waals surface area contributed by atoms with E-state index in [9.17, 15) is 0 Å². The van der Waals surface area contributed by atoms with Crippen molar-refractivity contribution in [3.63, 3.8) is 0 Å². The van der Waals surface area contributed by atoms with Gasteiger partial charge in [-0.3, -0.25) is 0 Å². The molecule has 0 radical (unpaired) electrons. The van der Waals surface area contributed by atoms with Gasteiger partial charge in [0.25, 0.3) is 0 Å².